The Morgan fingerprint density at radius 1 is 0.577 bits per heavy atom. The van der Waals surface area contributed by atoms with E-state index < -0.39 is 10.1 Å². The van der Waals surface area contributed by atoms with Crippen molar-refractivity contribution >= 4 is 66.3 Å². The summed E-state index contributed by atoms with van der Waals surface area (Å²) in [5, 5.41) is -3.09. The molecular weight excluding hydrogens is 723 g/mol. The molecule has 3 fully saturated rings. The Labute approximate surface area is 187 Å². The predicted molar refractivity (Wildman–Crippen MR) is 124 cm³/mol. The molecule has 10 heteroatoms. The third kappa shape index (κ3) is 5.07. The number of hydrogen-bond donors (Lipinski definition) is 0. The fourth-order valence-electron chi connectivity index (χ4n) is 3.21. The van der Waals surface area contributed by atoms with E-state index in [0.717, 1.165) is 19.9 Å². The van der Waals surface area contributed by atoms with Crippen LogP contribution < -0.4 is 0 Å². The first-order chi connectivity index (χ1) is 11.4. The zero-order chi connectivity index (χ0) is 20.4. The second kappa shape index (κ2) is 7.85. The van der Waals surface area contributed by atoms with E-state index in [4.69, 9.17) is 9.49 Å². The van der Waals surface area contributed by atoms with Crippen molar-refractivity contribution in [2.45, 2.75) is 105 Å². The molecule has 0 spiro atoms. The zero-order valence-corrected chi connectivity index (χ0v) is 28.2. The van der Waals surface area contributed by atoms with Gasteiger partial charge in [-0.25, -0.2) is 0 Å². The summed E-state index contributed by atoms with van der Waals surface area (Å²) < 4.78 is 17.5. The fourth-order valence-corrected chi connectivity index (χ4v) is 207. The van der Waals surface area contributed by atoms with Gasteiger partial charge in [0.15, 0.2) is 0 Å². The van der Waals surface area contributed by atoms with Crippen molar-refractivity contribution in [3.8, 4) is 0 Å². The van der Waals surface area contributed by atoms with Crippen LogP contribution in [0.1, 0.15) is 83.1 Å². The minimum absolute atomic E-state index is 0.0390. The van der Waals surface area contributed by atoms with E-state index in [-0.39, 0.29) is 58.5 Å². The topological polar surface area (TPSA) is 31.2 Å². The molecule has 0 radical (unpaired) electrons. The standard InChI is InChI=1S/C16H36N4P2Se2Te2/c1-13(2,3)17-21-19(15(7,8)9)22(18-14(4,5)6,26-24-23-25-21)20(21)16(10,11)12/h1-12H3. The molecule has 2 bridgehead atoms. The summed E-state index contributed by atoms with van der Waals surface area (Å²) in [6, 6.07) is 0. The van der Waals surface area contributed by atoms with Crippen molar-refractivity contribution in [1.82, 2.24) is 8.88 Å². The quantitative estimate of drug-likeness (QED) is 0.250. The molecule has 3 aliphatic heterocycles. The Morgan fingerprint density at radius 2 is 0.846 bits per heavy atom. The molecule has 0 aromatic carbocycles. The molecule has 0 amide bonds. The van der Waals surface area contributed by atoms with Gasteiger partial charge in [0, 0.05) is 0 Å². The van der Waals surface area contributed by atoms with Crippen LogP contribution in [0.4, 0.5) is 0 Å². The second-order valence-corrected chi connectivity index (χ2v) is 63.8. The molecule has 3 aliphatic rings. The molecule has 154 valence electrons. The second-order valence-electron chi connectivity index (χ2n) is 10.8. The predicted octanol–water partition coefficient (Wildman–Crippen LogP) is 5.27. The maximum absolute atomic E-state index is 5.73. The van der Waals surface area contributed by atoms with Gasteiger partial charge in [0.05, 0.1) is 0 Å². The van der Waals surface area contributed by atoms with Crippen LogP contribution in [0.5, 0.6) is 0 Å². The Balaban J connectivity index is 2.94. The van der Waals surface area contributed by atoms with Crippen LogP contribution in [-0.2, 0) is 0 Å². The van der Waals surface area contributed by atoms with Crippen molar-refractivity contribution in [2.75, 3.05) is 0 Å². The van der Waals surface area contributed by atoms with Gasteiger partial charge in [0.1, 0.15) is 0 Å². The van der Waals surface area contributed by atoms with Crippen LogP contribution in [0.3, 0.4) is 0 Å². The van der Waals surface area contributed by atoms with Crippen molar-refractivity contribution in [3.63, 3.8) is 0 Å². The summed E-state index contributed by atoms with van der Waals surface area (Å²) in [5.74, 6) is 0. The van der Waals surface area contributed by atoms with Gasteiger partial charge in [0.2, 0.25) is 0 Å². The van der Waals surface area contributed by atoms with E-state index in [9.17, 15) is 0 Å². The average molecular weight is 760 g/mol. The molecule has 26 heavy (non-hydrogen) atoms. The summed E-state index contributed by atoms with van der Waals surface area (Å²) >= 11 is -0.165. The van der Waals surface area contributed by atoms with E-state index in [1.165, 1.54) is 0 Å². The number of rotatable bonds is 0. The monoisotopic (exact) mass is 766 g/mol. The van der Waals surface area contributed by atoms with E-state index in [1.54, 1.807) is 0 Å². The number of nitrogens with zero attached hydrogens (tertiary/aromatic N) is 4. The van der Waals surface area contributed by atoms with E-state index in [2.05, 4.69) is 92.0 Å². The zero-order valence-electron chi connectivity index (χ0n) is 18.3. The number of hydrogen-bond acceptors (Lipinski definition) is 2. The van der Waals surface area contributed by atoms with Crippen molar-refractivity contribution in [1.29, 1.82) is 0 Å². The van der Waals surface area contributed by atoms with E-state index in [1.807, 2.05) is 0 Å². The summed E-state index contributed by atoms with van der Waals surface area (Å²) in [7, 11) is 1.84. The molecule has 0 aromatic rings. The molecule has 4 nitrogen and oxygen atoms in total. The summed E-state index contributed by atoms with van der Waals surface area (Å²) in [5.41, 5.74) is 0.437. The van der Waals surface area contributed by atoms with Gasteiger partial charge in [-0.15, -0.1) is 0 Å². The SMILES string of the molecule is CC(C)(C)N=P12[Te][Se][Se][Te]P(=NC(C)(C)C)(N1C(C)(C)C)N2C(C)(C)C. The van der Waals surface area contributed by atoms with Gasteiger partial charge >= 0.3 is 190 Å². The van der Waals surface area contributed by atoms with Gasteiger partial charge in [0.25, 0.3) is 0 Å². The number of fused-ring (bicyclic) bond motifs is 3. The van der Waals surface area contributed by atoms with Gasteiger partial charge in [-0.1, -0.05) is 0 Å². The van der Waals surface area contributed by atoms with Crippen LogP contribution in [0, 0.1) is 0 Å². The molecule has 0 unspecified atom stereocenters. The van der Waals surface area contributed by atoms with Gasteiger partial charge in [-0.3, -0.25) is 0 Å². The fraction of sp³-hybridized carbons (Fsp3) is 1.00. The van der Waals surface area contributed by atoms with E-state index >= 15 is 0 Å². The van der Waals surface area contributed by atoms with Crippen molar-refractivity contribution in [2.24, 2.45) is 9.49 Å². The molecule has 3 rings (SSSR count). The van der Waals surface area contributed by atoms with Gasteiger partial charge < -0.3 is 0 Å². The minimum atomic E-state index is -1.55. The molecular formula is C16H36N4P2Se2Te2. The molecule has 3 heterocycles. The van der Waals surface area contributed by atoms with Gasteiger partial charge in [-0.2, -0.15) is 0 Å². The summed E-state index contributed by atoms with van der Waals surface area (Å²) in [6.07, 6.45) is 0. The molecule has 0 aromatic heterocycles. The van der Waals surface area contributed by atoms with Crippen LogP contribution >= 0.6 is 10.1 Å². The first-order valence-corrected chi connectivity index (χ1v) is 34.0. The first kappa shape index (κ1) is 25.3. The molecule has 0 N–H and O–H groups in total. The maximum atomic E-state index is 5.73. The first-order valence-electron chi connectivity index (χ1n) is 8.96. The summed E-state index contributed by atoms with van der Waals surface area (Å²) in [4.78, 5) is 0. The van der Waals surface area contributed by atoms with Crippen molar-refractivity contribution < 1.29 is 0 Å². The van der Waals surface area contributed by atoms with Crippen LogP contribution in [-0.4, -0.2) is 87.2 Å². The summed E-state index contributed by atoms with van der Waals surface area (Å²) in [6.45, 7) is 28.5. The Morgan fingerprint density at radius 3 is 1.04 bits per heavy atom. The Bertz CT molecular complexity index is 596. The molecule has 0 saturated carbocycles. The normalized spacial score (nSPS) is 32.0. The molecule has 0 atom stereocenters. The average Bonchev–Trinajstić information content (AvgIpc) is 2.47. The van der Waals surface area contributed by atoms with E-state index in [0.29, 0.717) is 0 Å². The van der Waals surface area contributed by atoms with Crippen LogP contribution in [0.15, 0.2) is 9.49 Å². The van der Waals surface area contributed by atoms with Crippen molar-refractivity contribution in [3.05, 3.63) is 0 Å². The third-order valence-corrected chi connectivity index (χ3v) is 111. The van der Waals surface area contributed by atoms with Crippen LogP contribution in [0.2, 0.25) is 0 Å². The molecule has 3 saturated heterocycles. The third-order valence-electron chi connectivity index (χ3n) is 3.34. The van der Waals surface area contributed by atoms with Gasteiger partial charge in [-0.05, 0) is 0 Å². The Hall–Kier alpha value is 3.00. The Kier molecular flexibility index (Phi) is 7.62. The molecule has 0 aliphatic carbocycles. The van der Waals surface area contributed by atoms with Crippen LogP contribution in [0.25, 0.3) is 0 Å².